The van der Waals surface area contributed by atoms with Gasteiger partial charge in [-0.3, -0.25) is 4.79 Å². The highest BCUT2D eigenvalue weighted by Crippen LogP contribution is 2.03. The molecule has 0 bridgehead atoms. The van der Waals surface area contributed by atoms with E-state index < -0.39 is 5.95 Å². The molecule has 1 amide bonds. The van der Waals surface area contributed by atoms with Crippen LogP contribution >= 0.6 is 0 Å². The minimum Gasteiger partial charge on any atom is -0.325 e. The zero-order chi connectivity index (χ0) is 8.27. The Morgan fingerprint density at radius 3 is 2.82 bits per heavy atom. The number of hydrogen-bond donors (Lipinski definition) is 1. The average Bonchev–Trinajstić information content (AvgIpc) is 1.93. The normalized spacial score (nSPS) is 9.27. The Morgan fingerprint density at radius 2 is 2.36 bits per heavy atom. The molecule has 58 valence electrons. The van der Waals surface area contributed by atoms with Crippen LogP contribution in [0.2, 0.25) is 0 Å². The summed E-state index contributed by atoms with van der Waals surface area (Å²) < 4.78 is 12.2. The average molecular weight is 154 g/mol. The first kappa shape index (κ1) is 7.65. The van der Waals surface area contributed by atoms with Crippen molar-refractivity contribution in [2.45, 2.75) is 6.92 Å². The summed E-state index contributed by atoms with van der Waals surface area (Å²) in [4.78, 5) is 13.8. The molecule has 1 N–H and O–H groups in total. The van der Waals surface area contributed by atoms with Crippen LogP contribution in [0.15, 0.2) is 18.3 Å². The van der Waals surface area contributed by atoms with Crippen molar-refractivity contribution in [3.05, 3.63) is 24.3 Å². The first-order valence-electron chi connectivity index (χ1n) is 3.07. The number of carbonyl (C=O) groups excluding carboxylic acids is 1. The zero-order valence-corrected chi connectivity index (χ0v) is 5.97. The number of carbonyl (C=O) groups is 1. The largest absolute Gasteiger partial charge is 0.325 e. The van der Waals surface area contributed by atoms with Gasteiger partial charge in [-0.1, -0.05) is 0 Å². The minimum atomic E-state index is -0.556. The van der Waals surface area contributed by atoms with Crippen molar-refractivity contribution in [1.29, 1.82) is 0 Å². The van der Waals surface area contributed by atoms with Crippen LogP contribution in [0.25, 0.3) is 0 Å². The highest BCUT2D eigenvalue weighted by molar-refractivity contribution is 5.88. The first-order valence-corrected chi connectivity index (χ1v) is 3.07. The molecule has 11 heavy (non-hydrogen) atoms. The van der Waals surface area contributed by atoms with E-state index in [9.17, 15) is 9.18 Å². The van der Waals surface area contributed by atoms with Crippen molar-refractivity contribution in [2.75, 3.05) is 5.32 Å². The van der Waals surface area contributed by atoms with E-state index in [-0.39, 0.29) is 5.91 Å². The molecule has 0 spiro atoms. The van der Waals surface area contributed by atoms with E-state index in [4.69, 9.17) is 0 Å². The maximum atomic E-state index is 12.2. The second-order valence-electron chi connectivity index (χ2n) is 2.05. The molecule has 1 rings (SSSR count). The Kier molecular flexibility index (Phi) is 2.15. The molecule has 1 aromatic rings. The highest BCUT2D eigenvalue weighted by Gasteiger charge is 1.94. The zero-order valence-electron chi connectivity index (χ0n) is 5.97. The minimum absolute atomic E-state index is 0.196. The van der Waals surface area contributed by atoms with Crippen molar-refractivity contribution < 1.29 is 9.18 Å². The number of hydrogen-bond acceptors (Lipinski definition) is 2. The fourth-order valence-electron chi connectivity index (χ4n) is 0.653. The summed E-state index contributed by atoms with van der Waals surface area (Å²) in [7, 11) is 0. The quantitative estimate of drug-likeness (QED) is 0.617. The Labute approximate surface area is 63.3 Å². The fraction of sp³-hybridized carbons (Fsp3) is 0.143. The van der Waals surface area contributed by atoms with Gasteiger partial charge in [0.05, 0.1) is 11.9 Å². The Balaban J connectivity index is 2.74. The molecule has 0 saturated heterocycles. The van der Waals surface area contributed by atoms with E-state index in [1.165, 1.54) is 25.3 Å². The van der Waals surface area contributed by atoms with E-state index in [1.807, 2.05) is 0 Å². The number of pyridine rings is 1. The number of anilines is 1. The van der Waals surface area contributed by atoms with Crippen LogP contribution in [-0.4, -0.2) is 10.9 Å². The SMILES string of the molecule is CC(=O)Nc1ccc(F)nc1. The van der Waals surface area contributed by atoms with Crippen molar-refractivity contribution in [1.82, 2.24) is 4.98 Å². The monoisotopic (exact) mass is 154 g/mol. The predicted molar refractivity (Wildman–Crippen MR) is 38.5 cm³/mol. The van der Waals surface area contributed by atoms with E-state index in [2.05, 4.69) is 10.3 Å². The molecule has 4 heteroatoms. The number of aromatic nitrogens is 1. The van der Waals surface area contributed by atoms with Crippen molar-refractivity contribution in [3.8, 4) is 0 Å². The van der Waals surface area contributed by atoms with Crippen molar-refractivity contribution in [2.24, 2.45) is 0 Å². The molecule has 0 radical (unpaired) electrons. The lowest BCUT2D eigenvalue weighted by atomic mass is 10.4. The maximum absolute atomic E-state index is 12.2. The summed E-state index contributed by atoms with van der Waals surface area (Å²) in [5.41, 5.74) is 0.499. The van der Waals surface area contributed by atoms with E-state index in [0.29, 0.717) is 5.69 Å². The van der Waals surface area contributed by atoms with Gasteiger partial charge < -0.3 is 5.32 Å². The lowest BCUT2D eigenvalue weighted by Crippen LogP contribution is -2.05. The van der Waals surface area contributed by atoms with Crippen molar-refractivity contribution >= 4 is 11.6 Å². The number of amides is 1. The predicted octanol–water partition coefficient (Wildman–Crippen LogP) is 1.18. The van der Waals surface area contributed by atoms with E-state index in [0.717, 1.165) is 0 Å². The van der Waals surface area contributed by atoms with E-state index >= 15 is 0 Å². The second kappa shape index (κ2) is 3.09. The van der Waals surface area contributed by atoms with Crippen LogP contribution in [0.1, 0.15) is 6.92 Å². The summed E-state index contributed by atoms with van der Waals surface area (Å²) >= 11 is 0. The standard InChI is InChI=1S/C7H7FN2O/c1-5(11)10-6-2-3-7(8)9-4-6/h2-4H,1H3,(H,10,11). The Morgan fingerprint density at radius 1 is 1.64 bits per heavy atom. The topological polar surface area (TPSA) is 42.0 Å². The summed E-state index contributed by atoms with van der Waals surface area (Å²) in [5, 5.41) is 2.46. The van der Waals surface area contributed by atoms with Gasteiger partial charge in [0.15, 0.2) is 0 Å². The van der Waals surface area contributed by atoms with Crippen molar-refractivity contribution in [3.63, 3.8) is 0 Å². The molecule has 1 aromatic heterocycles. The maximum Gasteiger partial charge on any atom is 0.221 e. The molecule has 0 atom stereocenters. The molecule has 0 fully saturated rings. The number of nitrogens with one attached hydrogen (secondary N) is 1. The molecule has 0 aromatic carbocycles. The van der Waals surface area contributed by atoms with Gasteiger partial charge in [0, 0.05) is 6.92 Å². The second-order valence-corrected chi connectivity index (χ2v) is 2.05. The summed E-state index contributed by atoms with van der Waals surface area (Å²) in [5.74, 6) is -0.752. The fourth-order valence-corrected chi connectivity index (χ4v) is 0.653. The lowest BCUT2D eigenvalue weighted by Gasteiger charge is -1.98. The summed E-state index contributed by atoms with van der Waals surface area (Å²) in [6, 6.07) is 2.63. The molecule has 0 aliphatic heterocycles. The molecule has 1 heterocycles. The first-order chi connectivity index (χ1) is 5.18. The van der Waals surface area contributed by atoms with Crippen LogP contribution in [-0.2, 0) is 4.79 Å². The third-order valence-corrected chi connectivity index (χ3v) is 1.05. The molecular weight excluding hydrogens is 147 g/mol. The smallest absolute Gasteiger partial charge is 0.221 e. The van der Waals surface area contributed by atoms with Gasteiger partial charge in [-0.05, 0) is 12.1 Å². The molecule has 0 unspecified atom stereocenters. The highest BCUT2D eigenvalue weighted by atomic mass is 19.1. The van der Waals surface area contributed by atoms with Gasteiger partial charge in [-0.2, -0.15) is 4.39 Å². The van der Waals surface area contributed by atoms with Crippen LogP contribution < -0.4 is 5.32 Å². The molecule has 0 aliphatic carbocycles. The summed E-state index contributed by atoms with van der Waals surface area (Å²) in [6.07, 6.45) is 1.26. The van der Waals surface area contributed by atoms with Gasteiger partial charge in [0.25, 0.3) is 0 Å². The Bertz CT molecular complexity index is 258. The third-order valence-electron chi connectivity index (χ3n) is 1.05. The van der Waals surface area contributed by atoms with Gasteiger partial charge in [-0.25, -0.2) is 4.98 Å². The lowest BCUT2D eigenvalue weighted by molar-refractivity contribution is -0.114. The van der Waals surface area contributed by atoms with Crippen LogP contribution in [0.4, 0.5) is 10.1 Å². The summed E-state index contributed by atoms with van der Waals surface area (Å²) in [6.45, 7) is 1.38. The molecule has 0 saturated carbocycles. The third kappa shape index (κ3) is 2.33. The molecule has 0 aliphatic rings. The number of halogens is 1. The van der Waals surface area contributed by atoms with E-state index in [1.54, 1.807) is 0 Å². The molecular formula is C7H7FN2O. The van der Waals surface area contributed by atoms with Crippen LogP contribution in [0.3, 0.4) is 0 Å². The van der Waals surface area contributed by atoms with Gasteiger partial charge in [-0.15, -0.1) is 0 Å². The van der Waals surface area contributed by atoms with Crippen LogP contribution in [0, 0.1) is 5.95 Å². The van der Waals surface area contributed by atoms with Crippen LogP contribution in [0.5, 0.6) is 0 Å². The molecule has 3 nitrogen and oxygen atoms in total. The van der Waals surface area contributed by atoms with Gasteiger partial charge >= 0.3 is 0 Å². The number of nitrogens with zero attached hydrogens (tertiary/aromatic N) is 1. The van der Waals surface area contributed by atoms with Gasteiger partial charge in [0.2, 0.25) is 11.9 Å². The van der Waals surface area contributed by atoms with Gasteiger partial charge in [0.1, 0.15) is 0 Å². The number of rotatable bonds is 1. The Hall–Kier alpha value is -1.45.